The number of nitrogens with zero attached hydrogens (tertiary/aromatic N) is 3. The van der Waals surface area contributed by atoms with Gasteiger partial charge in [0.2, 0.25) is 11.9 Å². The summed E-state index contributed by atoms with van der Waals surface area (Å²) in [4.78, 5) is 19.5. The van der Waals surface area contributed by atoms with Gasteiger partial charge < -0.3 is 19.9 Å². The van der Waals surface area contributed by atoms with E-state index in [1.165, 1.54) is 0 Å². The second-order valence-corrected chi connectivity index (χ2v) is 6.65. The Morgan fingerprint density at radius 3 is 3.00 bits per heavy atom. The fourth-order valence-electron chi connectivity index (χ4n) is 3.58. The molecule has 0 saturated carbocycles. The van der Waals surface area contributed by atoms with Gasteiger partial charge in [0.15, 0.2) is 0 Å². The first-order valence-electron chi connectivity index (χ1n) is 9.33. The summed E-state index contributed by atoms with van der Waals surface area (Å²) >= 11 is 0. The van der Waals surface area contributed by atoms with Crippen molar-refractivity contribution in [1.29, 1.82) is 0 Å². The van der Waals surface area contributed by atoms with Gasteiger partial charge in [0, 0.05) is 32.8 Å². The number of aliphatic hydroxyl groups is 1. The van der Waals surface area contributed by atoms with Crippen LogP contribution in [-0.2, 0) is 11.3 Å². The third-order valence-electron chi connectivity index (χ3n) is 4.91. The highest BCUT2D eigenvalue weighted by atomic mass is 16.3. The molecular formula is C19H28N4O2. The number of rotatable bonds is 7. The van der Waals surface area contributed by atoms with E-state index >= 15 is 0 Å². The summed E-state index contributed by atoms with van der Waals surface area (Å²) in [6.07, 6.45) is 3.48. The summed E-state index contributed by atoms with van der Waals surface area (Å²) in [6, 6.07) is 8.20. The Labute approximate surface area is 148 Å². The van der Waals surface area contributed by atoms with Crippen molar-refractivity contribution < 1.29 is 9.90 Å². The van der Waals surface area contributed by atoms with E-state index < -0.39 is 0 Å². The highest BCUT2D eigenvalue weighted by Crippen LogP contribution is 2.27. The van der Waals surface area contributed by atoms with Gasteiger partial charge in [0.1, 0.15) is 0 Å². The third-order valence-corrected chi connectivity index (χ3v) is 4.91. The number of para-hydroxylation sites is 2. The number of nitrogens with one attached hydrogen (secondary N) is 1. The molecule has 136 valence electrons. The molecule has 2 aromatic rings. The molecule has 1 aromatic heterocycles. The summed E-state index contributed by atoms with van der Waals surface area (Å²) in [5.41, 5.74) is 2.16. The number of fused-ring (bicyclic) bond motifs is 1. The van der Waals surface area contributed by atoms with Crippen LogP contribution in [0.4, 0.5) is 5.95 Å². The van der Waals surface area contributed by atoms with Gasteiger partial charge in [0.05, 0.1) is 17.0 Å². The number of piperidine rings is 1. The van der Waals surface area contributed by atoms with Crippen LogP contribution in [0.1, 0.15) is 32.6 Å². The van der Waals surface area contributed by atoms with Crippen molar-refractivity contribution in [2.45, 2.75) is 39.2 Å². The summed E-state index contributed by atoms with van der Waals surface area (Å²) in [7, 11) is 0. The topological polar surface area (TPSA) is 70.4 Å². The molecule has 0 unspecified atom stereocenters. The Balaban J connectivity index is 1.70. The molecule has 2 N–H and O–H groups in total. The number of benzene rings is 1. The number of carbonyl (C=O) groups excluding carboxylic acids is 1. The molecule has 0 bridgehead atoms. The van der Waals surface area contributed by atoms with Crippen LogP contribution in [0.5, 0.6) is 0 Å². The molecule has 25 heavy (non-hydrogen) atoms. The molecular weight excluding hydrogens is 316 g/mol. The lowest BCUT2D eigenvalue weighted by Crippen LogP contribution is -2.44. The molecule has 1 amide bonds. The maximum absolute atomic E-state index is 12.4. The fraction of sp³-hybridized carbons (Fsp3) is 0.579. The second-order valence-electron chi connectivity index (χ2n) is 6.65. The van der Waals surface area contributed by atoms with Crippen molar-refractivity contribution in [3.8, 4) is 0 Å². The van der Waals surface area contributed by atoms with E-state index in [9.17, 15) is 4.79 Å². The minimum absolute atomic E-state index is 0.00740. The van der Waals surface area contributed by atoms with Crippen LogP contribution in [-0.4, -0.2) is 46.8 Å². The Morgan fingerprint density at radius 2 is 2.20 bits per heavy atom. The maximum Gasteiger partial charge on any atom is 0.224 e. The molecule has 1 fully saturated rings. The molecule has 6 heteroatoms. The van der Waals surface area contributed by atoms with Gasteiger partial charge in [-0.25, -0.2) is 4.98 Å². The van der Waals surface area contributed by atoms with Gasteiger partial charge in [-0.05, 0) is 44.7 Å². The van der Waals surface area contributed by atoms with Gasteiger partial charge in [0.25, 0.3) is 0 Å². The van der Waals surface area contributed by atoms with E-state index in [2.05, 4.69) is 27.8 Å². The maximum atomic E-state index is 12.4. The molecule has 1 saturated heterocycles. The molecule has 6 nitrogen and oxygen atoms in total. The zero-order chi connectivity index (χ0) is 17.6. The first kappa shape index (κ1) is 17.7. The lowest BCUT2D eigenvalue weighted by molar-refractivity contribution is -0.125. The number of aryl methyl sites for hydroxylation is 1. The first-order valence-corrected chi connectivity index (χ1v) is 9.33. The zero-order valence-electron chi connectivity index (χ0n) is 14.9. The lowest BCUT2D eigenvalue weighted by Gasteiger charge is -2.33. The van der Waals surface area contributed by atoms with Gasteiger partial charge in [-0.2, -0.15) is 0 Å². The van der Waals surface area contributed by atoms with Crippen LogP contribution in [0.25, 0.3) is 11.0 Å². The Hall–Kier alpha value is -2.08. The van der Waals surface area contributed by atoms with Crippen molar-refractivity contribution in [2.24, 2.45) is 5.92 Å². The van der Waals surface area contributed by atoms with Crippen LogP contribution in [0.2, 0.25) is 0 Å². The molecule has 2 heterocycles. The minimum Gasteiger partial charge on any atom is -0.396 e. The minimum atomic E-state index is 0.00740. The van der Waals surface area contributed by atoms with Crippen LogP contribution < -0.4 is 10.2 Å². The average Bonchev–Trinajstić information content (AvgIpc) is 3.04. The summed E-state index contributed by atoms with van der Waals surface area (Å²) < 4.78 is 2.23. The van der Waals surface area contributed by atoms with E-state index in [-0.39, 0.29) is 18.4 Å². The number of hydrogen-bond acceptors (Lipinski definition) is 4. The number of hydrogen-bond donors (Lipinski definition) is 2. The molecule has 0 aliphatic carbocycles. The largest absolute Gasteiger partial charge is 0.396 e. The number of imidazole rings is 1. The van der Waals surface area contributed by atoms with Crippen LogP contribution in [0.3, 0.4) is 0 Å². The van der Waals surface area contributed by atoms with Crippen molar-refractivity contribution in [3.63, 3.8) is 0 Å². The zero-order valence-corrected chi connectivity index (χ0v) is 14.9. The highest BCUT2D eigenvalue weighted by molar-refractivity contribution is 5.81. The molecule has 0 radical (unpaired) electrons. The van der Waals surface area contributed by atoms with Crippen molar-refractivity contribution in [1.82, 2.24) is 14.9 Å². The van der Waals surface area contributed by atoms with Gasteiger partial charge >= 0.3 is 0 Å². The highest BCUT2D eigenvalue weighted by Gasteiger charge is 2.28. The number of carbonyl (C=O) groups is 1. The van der Waals surface area contributed by atoms with E-state index in [0.29, 0.717) is 6.54 Å². The summed E-state index contributed by atoms with van der Waals surface area (Å²) in [5.74, 6) is 1.11. The monoisotopic (exact) mass is 344 g/mol. The van der Waals surface area contributed by atoms with E-state index in [0.717, 1.165) is 62.3 Å². The number of unbranched alkanes of at least 4 members (excludes halogenated alkanes) is 1. The van der Waals surface area contributed by atoms with Crippen LogP contribution in [0, 0.1) is 5.92 Å². The van der Waals surface area contributed by atoms with Gasteiger partial charge in [-0.3, -0.25) is 4.79 Å². The predicted molar refractivity (Wildman–Crippen MR) is 99.7 cm³/mol. The van der Waals surface area contributed by atoms with Crippen molar-refractivity contribution >= 4 is 22.9 Å². The van der Waals surface area contributed by atoms with Gasteiger partial charge in [-0.1, -0.05) is 12.1 Å². The molecule has 1 atom stereocenters. The fourth-order valence-corrected chi connectivity index (χ4v) is 3.58. The molecule has 1 aliphatic rings. The number of anilines is 1. The SMILES string of the molecule is CCn1c(N2CCC[C@@H](C(=O)NCCCCO)C2)nc2ccccc21. The lowest BCUT2D eigenvalue weighted by atomic mass is 9.97. The second kappa shape index (κ2) is 8.34. The predicted octanol–water partition coefficient (Wildman–Crippen LogP) is 2.16. The van der Waals surface area contributed by atoms with Crippen molar-refractivity contribution in [2.75, 3.05) is 31.1 Å². The summed E-state index contributed by atoms with van der Waals surface area (Å²) in [6.45, 7) is 5.48. The Morgan fingerprint density at radius 1 is 1.36 bits per heavy atom. The third kappa shape index (κ3) is 3.95. The van der Waals surface area contributed by atoms with Crippen molar-refractivity contribution in [3.05, 3.63) is 24.3 Å². The van der Waals surface area contributed by atoms with Crippen LogP contribution in [0.15, 0.2) is 24.3 Å². The number of amides is 1. The standard InChI is InChI=1S/C19H28N4O2/c1-2-23-17-10-4-3-9-16(17)21-19(23)22-12-7-8-15(14-22)18(25)20-11-5-6-13-24/h3-4,9-10,15,24H,2,5-8,11-14H2,1H3,(H,20,25)/t15-/m1/s1. The van der Waals surface area contributed by atoms with Gasteiger partial charge in [-0.15, -0.1) is 0 Å². The van der Waals surface area contributed by atoms with E-state index in [4.69, 9.17) is 10.1 Å². The number of aromatic nitrogens is 2. The molecule has 1 aliphatic heterocycles. The van der Waals surface area contributed by atoms with E-state index in [1.807, 2.05) is 18.2 Å². The Bertz CT molecular complexity index is 713. The smallest absolute Gasteiger partial charge is 0.224 e. The summed E-state index contributed by atoms with van der Waals surface area (Å²) in [5, 5.41) is 11.8. The molecule has 0 spiro atoms. The Kier molecular flexibility index (Phi) is 5.91. The first-order chi connectivity index (χ1) is 12.2. The molecule has 3 rings (SSSR count). The number of aliphatic hydroxyl groups excluding tert-OH is 1. The van der Waals surface area contributed by atoms with E-state index in [1.54, 1.807) is 0 Å². The average molecular weight is 344 g/mol. The molecule has 1 aromatic carbocycles. The normalized spacial score (nSPS) is 17.8. The quantitative estimate of drug-likeness (QED) is 0.755. The van der Waals surface area contributed by atoms with Crippen LogP contribution >= 0.6 is 0 Å².